The average Bonchev–Trinajstić information content (AvgIpc) is 3.26. The largest absolute Gasteiger partial charge is 0.478 e. The Morgan fingerprint density at radius 3 is 2.63 bits per heavy atom. The second-order valence-electron chi connectivity index (χ2n) is 8.77. The Balaban J connectivity index is 1.38. The minimum atomic E-state index is -0.985. The van der Waals surface area contributed by atoms with E-state index in [-0.39, 0.29) is 18.3 Å². The molecule has 1 fully saturated rings. The van der Waals surface area contributed by atoms with E-state index < -0.39 is 11.5 Å². The third-order valence-electron chi connectivity index (χ3n) is 6.51. The Hall–Kier alpha value is -4.04. The van der Waals surface area contributed by atoms with E-state index in [1.807, 2.05) is 18.2 Å². The number of carboxylic acids is 1. The van der Waals surface area contributed by atoms with Gasteiger partial charge in [0.25, 0.3) is 5.91 Å². The van der Waals surface area contributed by atoms with E-state index in [9.17, 15) is 14.7 Å². The van der Waals surface area contributed by atoms with Crippen LogP contribution in [0.2, 0.25) is 5.02 Å². The van der Waals surface area contributed by atoms with Gasteiger partial charge in [0.1, 0.15) is 0 Å². The molecule has 1 aliphatic heterocycles. The summed E-state index contributed by atoms with van der Waals surface area (Å²) in [4.78, 5) is 24.9. The Bertz CT molecular complexity index is 1490. The number of fused-ring (bicyclic) bond motifs is 3. The number of rotatable bonds is 6. The number of hydrogen-bond donors (Lipinski definition) is 2. The Morgan fingerprint density at radius 1 is 1.11 bits per heavy atom. The van der Waals surface area contributed by atoms with Gasteiger partial charge in [0.15, 0.2) is 11.5 Å². The minimum Gasteiger partial charge on any atom is -0.478 e. The number of ether oxygens (including phenoxy) is 2. The zero-order chi connectivity index (χ0) is 24.2. The second kappa shape index (κ2) is 8.02. The SMILES string of the molecule is O=C(O)c1ccc(C2(NC(=O)c3cc4c(c5cnn(Cc6cccc(Cl)c6)c35)OCO4)CC2)cc1. The lowest BCUT2D eigenvalue weighted by Crippen LogP contribution is -2.35. The highest BCUT2D eigenvalue weighted by atomic mass is 35.5. The summed E-state index contributed by atoms with van der Waals surface area (Å²) < 4.78 is 13.0. The molecule has 1 saturated carbocycles. The smallest absolute Gasteiger partial charge is 0.335 e. The van der Waals surface area contributed by atoms with E-state index in [1.165, 1.54) is 0 Å². The highest BCUT2D eigenvalue weighted by Crippen LogP contribution is 2.47. The van der Waals surface area contributed by atoms with Crippen molar-refractivity contribution < 1.29 is 24.2 Å². The molecule has 3 aromatic carbocycles. The number of benzene rings is 3. The summed E-state index contributed by atoms with van der Waals surface area (Å²) in [6, 6.07) is 15.8. The highest BCUT2D eigenvalue weighted by molar-refractivity contribution is 6.30. The van der Waals surface area contributed by atoms with Crippen molar-refractivity contribution in [1.82, 2.24) is 15.1 Å². The fraction of sp³-hybridized carbons (Fsp3) is 0.192. The molecule has 2 aliphatic rings. The van der Waals surface area contributed by atoms with E-state index >= 15 is 0 Å². The molecular formula is C26H20ClN3O5. The number of aromatic nitrogens is 2. The van der Waals surface area contributed by atoms with Gasteiger partial charge in [0.2, 0.25) is 6.79 Å². The van der Waals surface area contributed by atoms with Crippen LogP contribution in [0.15, 0.2) is 60.8 Å². The number of amides is 1. The summed E-state index contributed by atoms with van der Waals surface area (Å²) in [5.74, 6) is -0.179. The van der Waals surface area contributed by atoms with Gasteiger partial charge >= 0.3 is 5.97 Å². The molecule has 0 bridgehead atoms. The van der Waals surface area contributed by atoms with Crippen molar-refractivity contribution in [3.63, 3.8) is 0 Å². The van der Waals surface area contributed by atoms with Crippen LogP contribution in [0.25, 0.3) is 10.9 Å². The fourth-order valence-electron chi connectivity index (χ4n) is 4.57. The molecule has 6 rings (SSSR count). The third-order valence-corrected chi connectivity index (χ3v) is 6.74. The molecule has 0 radical (unpaired) electrons. The molecule has 35 heavy (non-hydrogen) atoms. The first-order valence-electron chi connectivity index (χ1n) is 11.1. The van der Waals surface area contributed by atoms with Gasteiger partial charge in [0.05, 0.1) is 40.3 Å². The number of aromatic carboxylic acids is 1. The van der Waals surface area contributed by atoms with Gasteiger partial charge in [-0.25, -0.2) is 4.79 Å². The van der Waals surface area contributed by atoms with Crippen molar-refractivity contribution in [2.45, 2.75) is 24.9 Å². The van der Waals surface area contributed by atoms with Gasteiger partial charge in [-0.1, -0.05) is 35.9 Å². The first kappa shape index (κ1) is 21.5. The summed E-state index contributed by atoms with van der Waals surface area (Å²) in [5.41, 5.74) is 2.57. The molecule has 0 spiro atoms. The number of carboxylic acid groups (broad SMARTS) is 1. The quantitative estimate of drug-likeness (QED) is 0.411. The molecule has 1 aromatic heterocycles. The van der Waals surface area contributed by atoms with Crippen LogP contribution < -0.4 is 14.8 Å². The number of hydrogen-bond acceptors (Lipinski definition) is 5. The van der Waals surface area contributed by atoms with Crippen molar-refractivity contribution in [1.29, 1.82) is 0 Å². The first-order valence-corrected chi connectivity index (χ1v) is 11.5. The molecule has 0 saturated heterocycles. The van der Waals surface area contributed by atoms with Crippen LogP contribution in [0.1, 0.15) is 44.7 Å². The number of nitrogens with zero attached hydrogens (tertiary/aromatic N) is 2. The van der Waals surface area contributed by atoms with E-state index in [4.69, 9.17) is 21.1 Å². The van der Waals surface area contributed by atoms with Crippen LogP contribution in [0.4, 0.5) is 0 Å². The molecule has 1 amide bonds. The summed E-state index contributed by atoms with van der Waals surface area (Å²) in [5, 5.41) is 18.2. The van der Waals surface area contributed by atoms with Crippen LogP contribution in [0.5, 0.6) is 11.5 Å². The van der Waals surface area contributed by atoms with Gasteiger partial charge in [-0.05, 0) is 54.3 Å². The van der Waals surface area contributed by atoms with Gasteiger partial charge in [-0.2, -0.15) is 5.10 Å². The lowest BCUT2D eigenvalue weighted by Gasteiger charge is -2.19. The third kappa shape index (κ3) is 3.76. The predicted molar refractivity (Wildman–Crippen MR) is 128 cm³/mol. The number of carbonyl (C=O) groups is 2. The normalized spacial score (nSPS) is 15.2. The Kier molecular flexibility index (Phi) is 4.93. The van der Waals surface area contributed by atoms with E-state index in [2.05, 4.69) is 10.4 Å². The predicted octanol–water partition coefficient (Wildman–Crippen LogP) is 4.58. The van der Waals surface area contributed by atoms with Gasteiger partial charge in [-0.3, -0.25) is 9.48 Å². The zero-order valence-corrected chi connectivity index (χ0v) is 19.2. The molecule has 2 N–H and O–H groups in total. The van der Waals surface area contributed by atoms with E-state index in [0.717, 1.165) is 24.0 Å². The molecule has 1 aliphatic carbocycles. The molecule has 2 heterocycles. The number of carbonyl (C=O) groups excluding carboxylic acids is 1. The van der Waals surface area contributed by atoms with Crippen LogP contribution in [0.3, 0.4) is 0 Å². The minimum absolute atomic E-state index is 0.0782. The molecule has 4 aromatic rings. The molecule has 9 heteroatoms. The second-order valence-corrected chi connectivity index (χ2v) is 9.21. The number of nitrogens with one attached hydrogen (secondary N) is 1. The average molecular weight is 490 g/mol. The van der Waals surface area contributed by atoms with Gasteiger partial charge in [-0.15, -0.1) is 0 Å². The van der Waals surface area contributed by atoms with Crippen LogP contribution in [-0.4, -0.2) is 33.6 Å². The van der Waals surface area contributed by atoms with Crippen LogP contribution >= 0.6 is 11.6 Å². The fourth-order valence-corrected chi connectivity index (χ4v) is 4.78. The van der Waals surface area contributed by atoms with Crippen molar-refractivity contribution in [3.8, 4) is 11.5 Å². The van der Waals surface area contributed by atoms with E-state index in [0.29, 0.717) is 39.5 Å². The number of halogens is 1. The molecule has 8 nitrogen and oxygen atoms in total. The first-order chi connectivity index (χ1) is 16.9. The lowest BCUT2D eigenvalue weighted by molar-refractivity contribution is 0.0696. The Labute approximate surface area is 205 Å². The standard InChI is InChI=1S/C26H20ClN3O5/c27-18-3-1-2-15(10-18)13-30-22-19(11-21-23(35-14-34-21)20(22)12-28-30)24(31)29-26(8-9-26)17-6-4-16(5-7-17)25(32)33/h1-7,10-12H,8-9,13-14H2,(H,29,31)(H,32,33). The molecular weight excluding hydrogens is 470 g/mol. The maximum atomic E-state index is 13.7. The molecule has 0 atom stereocenters. The van der Waals surface area contributed by atoms with Crippen molar-refractivity contribution >= 4 is 34.4 Å². The summed E-state index contributed by atoms with van der Waals surface area (Å²) in [6.07, 6.45) is 3.21. The van der Waals surface area contributed by atoms with Crippen molar-refractivity contribution in [2.24, 2.45) is 0 Å². The van der Waals surface area contributed by atoms with Gasteiger partial charge < -0.3 is 19.9 Å². The summed E-state index contributed by atoms with van der Waals surface area (Å²) in [6.45, 7) is 0.501. The maximum absolute atomic E-state index is 13.7. The zero-order valence-electron chi connectivity index (χ0n) is 18.5. The Morgan fingerprint density at radius 2 is 1.91 bits per heavy atom. The van der Waals surface area contributed by atoms with Crippen LogP contribution in [0, 0.1) is 0 Å². The van der Waals surface area contributed by atoms with Crippen LogP contribution in [-0.2, 0) is 12.1 Å². The molecule has 0 unspecified atom stereocenters. The van der Waals surface area contributed by atoms with Gasteiger partial charge in [0, 0.05) is 5.02 Å². The van der Waals surface area contributed by atoms with Crippen molar-refractivity contribution in [3.05, 3.63) is 88.1 Å². The summed E-state index contributed by atoms with van der Waals surface area (Å²) >= 11 is 6.16. The molecule has 176 valence electrons. The lowest BCUT2D eigenvalue weighted by atomic mass is 10.0. The van der Waals surface area contributed by atoms with E-state index in [1.54, 1.807) is 47.3 Å². The van der Waals surface area contributed by atoms with Crippen molar-refractivity contribution in [2.75, 3.05) is 6.79 Å². The monoisotopic (exact) mass is 489 g/mol. The highest BCUT2D eigenvalue weighted by Gasteiger charge is 2.46. The summed E-state index contributed by atoms with van der Waals surface area (Å²) in [7, 11) is 0. The maximum Gasteiger partial charge on any atom is 0.335 e. The topological polar surface area (TPSA) is 103 Å².